The van der Waals surface area contributed by atoms with E-state index in [1.165, 1.54) is 35.1 Å². The molecule has 0 aromatic carbocycles. The van der Waals surface area contributed by atoms with Gasteiger partial charge in [0, 0.05) is 18.6 Å². The molecule has 0 aromatic rings. The number of rotatable bonds is 0. The number of hydrogen-bond donors (Lipinski definition) is 0. The van der Waals surface area contributed by atoms with Crippen LogP contribution in [-0.2, 0) is 18.6 Å². The summed E-state index contributed by atoms with van der Waals surface area (Å²) in [6, 6.07) is 0. The largest absolute Gasteiger partial charge is 0.0775 e. The second kappa shape index (κ2) is 6.92. The van der Waals surface area contributed by atoms with E-state index in [2.05, 4.69) is 52.0 Å². The van der Waals surface area contributed by atoms with Crippen LogP contribution in [0.5, 0.6) is 0 Å². The Morgan fingerprint density at radius 1 is 0.733 bits per heavy atom. The summed E-state index contributed by atoms with van der Waals surface area (Å²) >= 11 is 0. The zero-order valence-corrected chi connectivity index (χ0v) is 11.6. The van der Waals surface area contributed by atoms with Crippen LogP contribution in [0.15, 0.2) is 46.6 Å². The summed E-state index contributed by atoms with van der Waals surface area (Å²) in [5, 5.41) is 0. The maximum absolute atomic E-state index is 2.25. The molecule has 0 aromatic heterocycles. The van der Waals surface area contributed by atoms with E-state index < -0.39 is 0 Å². The molecular formula is C14H20V. The van der Waals surface area contributed by atoms with E-state index in [0.717, 1.165) is 0 Å². The van der Waals surface area contributed by atoms with Crippen LogP contribution in [0.2, 0.25) is 0 Å². The van der Waals surface area contributed by atoms with E-state index in [0.29, 0.717) is 0 Å². The smallest absolute Gasteiger partial charge is 0 e. The van der Waals surface area contributed by atoms with Crippen LogP contribution in [-0.4, -0.2) is 0 Å². The van der Waals surface area contributed by atoms with Crippen LogP contribution in [0.3, 0.4) is 0 Å². The second-order valence-corrected chi connectivity index (χ2v) is 4.29. The Hall–Kier alpha value is -0.456. The van der Waals surface area contributed by atoms with Gasteiger partial charge in [-0.2, -0.15) is 0 Å². The number of allylic oxidation sites excluding steroid dienone is 8. The molecule has 81 valence electrons. The summed E-state index contributed by atoms with van der Waals surface area (Å²) in [5.74, 6) is 0. The van der Waals surface area contributed by atoms with Gasteiger partial charge in [-0.3, -0.25) is 0 Å². The average molecular weight is 239 g/mol. The molecule has 0 fully saturated rings. The molecule has 0 spiro atoms. The fraction of sp³-hybridized carbons (Fsp3) is 0.429. The van der Waals surface area contributed by atoms with Gasteiger partial charge in [0.2, 0.25) is 0 Å². The van der Waals surface area contributed by atoms with Crippen LogP contribution in [0.1, 0.15) is 40.5 Å². The first-order valence-corrected chi connectivity index (χ1v) is 5.26. The minimum Gasteiger partial charge on any atom is -0.0775 e. The fourth-order valence-corrected chi connectivity index (χ4v) is 1.66. The predicted octanol–water partition coefficient (Wildman–Crippen LogP) is 4.56. The van der Waals surface area contributed by atoms with Gasteiger partial charge in [0.25, 0.3) is 0 Å². The van der Waals surface area contributed by atoms with Gasteiger partial charge in [-0.15, -0.1) is 0 Å². The SMILES string of the molecule is CC1=CCC(C)=C1.CC1=CCC(C)=C1.[V]. The molecule has 2 rings (SSSR count). The van der Waals surface area contributed by atoms with Gasteiger partial charge in [-0.25, -0.2) is 0 Å². The number of hydrogen-bond acceptors (Lipinski definition) is 0. The van der Waals surface area contributed by atoms with Gasteiger partial charge in [-0.05, 0) is 40.5 Å². The maximum atomic E-state index is 2.25. The van der Waals surface area contributed by atoms with Crippen molar-refractivity contribution >= 4 is 0 Å². The van der Waals surface area contributed by atoms with Crippen molar-refractivity contribution in [2.75, 3.05) is 0 Å². The van der Waals surface area contributed by atoms with Gasteiger partial charge >= 0.3 is 0 Å². The maximum Gasteiger partial charge on any atom is 0 e. The van der Waals surface area contributed by atoms with Crippen LogP contribution in [0.4, 0.5) is 0 Å². The van der Waals surface area contributed by atoms with Crippen molar-refractivity contribution in [3.63, 3.8) is 0 Å². The molecule has 0 bridgehead atoms. The third-order valence-electron chi connectivity index (χ3n) is 2.44. The molecule has 0 saturated heterocycles. The molecule has 0 amide bonds. The predicted molar refractivity (Wildman–Crippen MR) is 64.3 cm³/mol. The van der Waals surface area contributed by atoms with Crippen LogP contribution >= 0.6 is 0 Å². The van der Waals surface area contributed by atoms with Crippen molar-refractivity contribution in [3.8, 4) is 0 Å². The molecule has 2 aliphatic carbocycles. The Labute approximate surface area is 106 Å². The Morgan fingerprint density at radius 2 is 1.07 bits per heavy atom. The summed E-state index contributed by atoms with van der Waals surface area (Å²) in [6.45, 7) is 8.59. The van der Waals surface area contributed by atoms with E-state index in [9.17, 15) is 0 Å². The van der Waals surface area contributed by atoms with E-state index in [1.807, 2.05) is 0 Å². The van der Waals surface area contributed by atoms with E-state index in [1.54, 1.807) is 0 Å². The molecule has 2 aliphatic rings. The third-order valence-corrected chi connectivity index (χ3v) is 2.44. The minimum absolute atomic E-state index is 0. The van der Waals surface area contributed by atoms with E-state index >= 15 is 0 Å². The Kier molecular flexibility index (Phi) is 6.71. The topological polar surface area (TPSA) is 0 Å². The zero-order valence-electron chi connectivity index (χ0n) is 10.2. The van der Waals surface area contributed by atoms with Crippen LogP contribution in [0.25, 0.3) is 0 Å². The third kappa shape index (κ3) is 5.86. The van der Waals surface area contributed by atoms with Gasteiger partial charge < -0.3 is 0 Å². The average Bonchev–Trinajstić information content (AvgIpc) is 2.63. The molecule has 1 radical (unpaired) electrons. The van der Waals surface area contributed by atoms with Crippen molar-refractivity contribution in [3.05, 3.63) is 46.6 Å². The molecule has 0 saturated carbocycles. The summed E-state index contributed by atoms with van der Waals surface area (Å²) < 4.78 is 0. The van der Waals surface area contributed by atoms with Crippen molar-refractivity contribution in [2.24, 2.45) is 0 Å². The first kappa shape index (κ1) is 14.5. The summed E-state index contributed by atoms with van der Waals surface area (Å²) in [5.41, 5.74) is 5.80. The van der Waals surface area contributed by atoms with E-state index in [-0.39, 0.29) is 18.6 Å². The molecule has 0 N–H and O–H groups in total. The summed E-state index contributed by atoms with van der Waals surface area (Å²) in [6.07, 6.45) is 11.3. The van der Waals surface area contributed by atoms with Gasteiger partial charge in [0.1, 0.15) is 0 Å². The first-order valence-electron chi connectivity index (χ1n) is 5.26. The Balaban J connectivity index is 0.000000245. The first-order chi connectivity index (χ1) is 6.58. The molecular weight excluding hydrogens is 219 g/mol. The molecule has 1 heteroatoms. The molecule has 0 unspecified atom stereocenters. The zero-order chi connectivity index (χ0) is 10.6. The van der Waals surface area contributed by atoms with Crippen molar-refractivity contribution in [1.29, 1.82) is 0 Å². The Bertz CT molecular complexity index is 293. The summed E-state index contributed by atoms with van der Waals surface area (Å²) in [7, 11) is 0. The van der Waals surface area contributed by atoms with Crippen molar-refractivity contribution in [2.45, 2.75) is 40.5 Å². The second-order valence-electron chi connectivity index (χ2n) is 4.29. The fourth-order valence-electron chi connectivity index (χ4n) is 1.66. The van der Waals surface area contributed by atoms with Gasteiger partial charge in [0.05, 0.1) is 0 Å². The van der Waals surface area contributed by atoms with Gasteiger partial charge in [-0.1, -0.05) is 46.6 Å². The van der Waals surface area contributed by atoms with E-state index in [4.69, 9.17) is 0 Å². The van der Waals surface area contributed by atoms with Crippen molar-refractivity contribution in [1.82, 2.24) is 0 Å². The van der Waals surface area contributed by atoms with Crippen molar-refractivity contribution < 1.29 is 18.6 Å². The molecule has 0 heterocycles. The normalized spacial score (nSPS) is 17.9. The molecule has 15 heavy (non-hydrogen) atoms. The Morgan fingerprint density at radius 3 is 1.13 bits per heavy atom. The van der Waals surface area contributed by atoms with Crippen LogP contribution in [0, 0.1) is 0 Å². The quantitative estimate of drug-likeness (QED) is 0.581. The molecule has 0 atom stereocenters. The molecule has 0 nitrogen and oxygen atoms in total. The minimum atomic E-state index is 0. The standard InChI is InChI=1S/2C7H10.V/c2*1-6-3-4-7(2)5-6;/h2*3,5H,4H2,1-2H3;. The summed E-state index contributed by atoms with van der Waals surface area (Å²) in [4.78, 5) is 0. The molecule has 0 aliphatic heterocycles. The van der Waals surface area contributed by atoms with Crippen LogP contribution < -0.4 is 0 Å². The van der Waals surface area contributed by atoms with Gasteiger partial charge in [0.15, 0.2) is 0 Å². The monoisotopic (exact) mass is 239 g/mol.